The van der Waals surface area contributed by atoms with Gasteiger partial charge in [0, 0.05) is 24.5 Å². The third kappa shape index (κ3) is 3.18. The zero-order valence-electron chi connectivity index (χ0n) is 13.1. The van der Waals surface area contributed by atoms with E-state index in [1.807, 2.05) is 7.05 Å². The maximum atomic E-state index is 4.93. The van der Waals surface area contributed by atoms with Gasteiger partial charge in [0.25, 0.3) is 0 Å². The molecule has 1 aliphatic carbocycles. The maximum Gasteiger partial charge on any atom is 0.129 e. The van der Waals surface area contributed by atoms with Crippen molar-refractivity contribution in [1.29, 1.82) is 0 Å². The summed E-state index contributed by atoms with van der Waals surface area (Å²) in [5.74, 6) is 1.16. The van der Waals surface area contributed by atoms with Gasteiger partial charge in [-0.2, -0.15) is 0 Å². The van der Waals surface area contributed by atoms with Gasteiger partial charge in [-0.1, -0.05) is 31.5 Å². The van der Waals surface area contributed by atoms with Crippen molar-refractivity contribution in [1.82, 2.24) is 10.3 Å². The molecule has 0 unspecified atom stereocenters. The van der Waals surface area contributed by atoms with E-state index in [2.05, 4.69) is 47.5 Å². The molecule has 1 aliphatic rings. The van der Waals surface area contributed by atoms with Crippen molar-refractivity contribution in [2.24, 2.45) is 0 Å². The second-order valence-corrected chi connectivity index (χ2v) is 5.97. The molecule has 21 heavy (non-hydrogen) atoms. The fraction of sp³-hybridized carbons (Fsp3) is 0.500. The molecule has 1 N–H and O–H groups in total. The Kier molecular flexibility index (Phi) is 4.39. The van der Waals surface area contributed by atoms with Crippen molar-refractivity contribution in [3.05, 3.63) is 35.9 Å². The van der Waals surface area contributed by atoms with Gasteiger partial charge in [0.2, 0.25) is 0 Å². The molecule has 3 heteroatoms. The highest BCUT2D eigenvalue weighted by molar-refractivity contribution is 5.84. The Hall–Kier alpha value is -1.61. The molecule has 1 saturated carbocycles. The molecule has 0 amide bonds. The fourth-order valence-electron chi connectivity index (χ4n) is 2.91. The largest absolute Gasteiger partial charge is 0.354 e. The van der Waals surface area contributed by atoms with E-state index in [0.29, 0.717) is 6.04 Å². The average Bonchev–Trinajstić information content (AvgIpc) is 3.33. The van der Waals surface area contributed by atoms with Crippen LogP contribution in [0.5, 0.6) is 0 Å². The number of hydrogen-bond acceptors (Lipinski definition) is 3. The summed E-state index contributed by atoms with van der Waals surface area (Å²) in [6, 6.07) is 11.5. The molecule has 0 bridgehead atoms. The van der Waals surface area contributed by atoms with Crippen molar-refractivity contribution < 1.29 is 0 Å². The van der Waals surface area contributed by atoms with Crippen LogP contribution in [-0.4, -0.2) is 24.6 Å². The number of nitrogens with one attached hydrogen (secondary N) is 1. The summed E-state index contributed by atoms with van der Waals surface area (Å²) in [6.45, 7) is 4.28. The van der Waals surface area contributed by atoms with Crippen molar-refractivity contribution >= 4 is 16.7 Å². The number of para-hydroxylation sites is 1. The summed E-state index contributed by atoms with van der Waals surface area (Å²) >= 11 is 0. The van der Waals surface area contributed by atoms with E-state index >= 15 is 0 Å². The number of anilines is 1. The predicted molar refractivity (Wildman–Crippen MR) is 89.8 cm³/mol. The Bertz CT molecular complexity index is 604. The third-order valence-electron chi connectivity index (χ3n) is 4.19. The van der Waals surface area contributed by atoms with Crippen molar-refractivity contribution in [3.63, 3.8) is 0 Å². The number of fused-ring (bicyclic) bond motifs is 1. The van der Waals surface area contributed by atoms with Gasteiger partial charge in [-0.3, -0.25) is 0 Å². The van der Waals surface area contributed by atoms with Gasteiger partial charge in [0.1, 0.15) is 5.82 Å². The van der Waals surface area contributed by atoms with Crippen LogP contribution in [0.4, 0.5) is 5.82 Å². The molecule has 112 valence electrons. The Labute approximate surface area is 127 Å². The zero-order chi connectivity index (χ0) is 14.7. The highest BCUT2D eigenvalue weighted by atomic mass is 15.2. The lowest BCUT2D eigenvalue weighted by molar-refractivity contribution is 0.704. The van der Waals surface area contributed by atoms with Crippen molar-refractivity contribution in [2.75, 3.05) is 18.5 Å². The molecule has 2 aromatic rings. The Morgan fingerprint density at radius 2 is 2.10 bits per heavy atom. The molecule has 0 spiro atoms. The average molecular weight is 283 g/mol. The molecule has 1 fully saturated rings. The van der Waals surface area contributed by atoms with Crippen LogP contribution in [0.2, 0.25) is 0 Å². The number of pyridine rings is 1. The lowest BCUT2D eigenvalue weighted by atomic mass is 10.1. The smallest absolute Gasteiger partial charge is 0.129 e. The van der Waals surface area contributed by atoms with Crippen LogP contribution in [0.3, 0.4) is 0 Å². The summed E-state index contributed by atoms with van der Waals surface area (Å²) < 4.78 is 0. The molecule has 0 radical (unpaired) electrons. The van der Waals surface area contributed by atoms with E-state index in [1.165, 1.54) is 36.6 Å². The standard InChI is InChI=1S/C18H25N3/c1-3-4-11-21(15-9-10-15)18-12-14(13-19-2)16-7-5-6-8-17(16)20-18/h5-8,12,15,19H,3-4,9-11,13H2,1-2H3. The van der Waals surface area contributed by atoms with Gasteiger partial charge in [-0.05, 0) is 44.0 Å². The minimum Gasteiger partial charge on any atom is -0.354 e. The number of aromatic nitrogens is 1. The Morgan fingerprint density at radius 3 is 2.81 bits per heavy atom. The number of unbranched alkanes of at least 4 members (excludes halogenated alkanes) is 1. The van der Waals surface area contributed by atoms with E-state index < -0.39 is 0 Å². The fourth-order valence-corrected chi connectivity index (χ4v) is 2.91. The predicted octanol–water partition coefficient (Wildman–Crippen LogP) is 3.72. The monoisotopic (exact) mass is 283 g/mol. The topological polar surface area (TPSA) is 28.2 Å². The Morgan fingerprint density at radius 1 is 1.29 bits per heavy atom. The van der Waals surface area contributed by atoms with Gasteiger partial charge in [0.15, 0.2) is 0 Å². The van der Waals surface area contributed by atoms with Gasteiger partial charge < -0.3 is 10.2 Å². The van der Waals surface area contributed by atoms with E-state index in [0.717, 1.165) is 24.4 Å². The van der Waals surface area contributed by atoms with Crippen LogP contribution in [0.25, 0.3) is 10.9 Å². The van der Waals surface area contributed by atoms with E-state index in [4.69, 9.17) is 4.98 Å². The number of benzene rings is 1. The molecule has 0 aliphatic heterocycles. The van der Waals surface area contributed by atoms with Crippen LogP contribution in [-0.2, 0) is 6.54 Å². The normalized spacial score (nSPS) is 14.6. The molecular formula is C18H25N3. The molecule has 3 nitrogen and oxygen atoms in total. The van der Waals surface area contributed by atoms with E-state index in [-0.39, 0.29) is 0 Å². The van der Waals surface area contributed by atoms with Crippen LogP contribution in [0, 0.1) is 0 Å². The summed E-state index contributed by atoms with van der Waals surface area (Å²) in [5.41, 5.74) is 2.46. The van der Waals surface area contributed by atoms with Gasteiger partial charge in [-0.25, -0.2) is 4.98 Å². The summed E-state index contributed by atoms with van der Waals surface area (Å²) in [5, 5.41) is 4.55. The first-order valence-electron chi connectivity index (χ1n) is 8.13. The summed E-state index contributed by atoms with van der Waals surface area (Å²) in [4.78, 5) is 7.45. The molecule has 1 aromatic carbocycles. The molecule has 3 rings (SSSR count). The quantitative estimate of drug-likeness (QED) is 0.839. The van der Waals surface area contributed by atoms with Crippen LogP contribution in [0.15, 0.2) is 30.3 Å². The SMILES string of the molecule is CCCCN(c1cc(CNC)c2ccccc2n1)C1CC1. The first-order valence-corrected chi connectivity index (χ1v) is 8.13. The minimum atomic E-state index is 0.715. The van der Waals surface area contributed by atoms with Gasteiger partial charge >= 0.3 is 0 Å². The van der Waals surface area contributed by atoms with Crippen LogP contribution in [0.1, 0.15) is 38.2 Å². The van der Waals surface area contributed by atoms with Crippen molar-refractivity contribution in [2.45, 2.75) is 45.2 Å². The van der Waals surface area contributed by atoms with Gasteiger partial charge in [-0.15, -0.1) is 0 Å². The second-order valence-electron chi connectivity index (χ2n) is 5.97. The highest BCUT2D eigenvalue weighted by Crippen LogP contribution is 2.33. The van der Waals surface area contributed by atoms with Gasteiger partial charge in [0.05, 0.1) is 5.52 Å². The Balaban J connectivity index is 2.00. The highest BCUT2D eigenvalue weighted by Gasteiger charge is 2.29. The molecule has 1 aromatic heterocycles. The number of hydrogen-bond donors (Lipinski definition) is 1. The molecule has 1 heterocycles. The lowest BCUT2D eigenvalue weighted by Crippen LogP contribution is -2.28. The van der Waals surface area contributed by atoms with E-state index in [9.17, 15) is 0 Å². The summed E-state index contributed by atoms with van der Waals surface area (Å²) in [7, 11) is 2.00. The molecule has 0 atom stereocenters. The zero-order valence-corrected chi connectivity index (χ0v) is 13.1. The third-order valence-corrected chi connectivity index (χ3v) is 4.19. The number of nitrogens with zero attached hydrogens (tertiary/aromatic N) is 2. The maximum absolute atomic E-state index is 4.93. The lowest BCUT2D eigenvalue weighted by Gasteiger charge is -2.24. The van der Waals surface area contributed by atoms with Crippen LogP contribution >= 0.6 is 0 Å². The second kappa shape index (κ2) is 6.44. The van der Waals surface area contributed by atoms with E-state index in [1.54, 1.807) is 0 Å². The minimum absolute atomic E-state index is 0.715. The van der Waals surface area contributed by atoms with Crippen molar-refractivity contribution in [3.8, 4) is 0 Å². The first-order chi connectivity index (χ1) is 10.3. The molecular weight excluding hydrogens is 258 g/mol. The first kappa shape index (κ1) is 14.3. The molecule has 0 saturated heterocycles. The number of rotatable bonds is 7. The van der Waals surface area contributed by atoms with Crippen LogP contribution < -0.4 is 10.2 Å². The summed E-state index contributed by atoms with van der Waals surface area (Å²) in [6.07, 6.45) is 5.12.